The van der Waals surface area contributed by atoms with Crippen LogP contribution < -0.4 is 5.32 Å². The summed E-state index contributed by atoms with van der Waals surface area (Å²) in [5.41, 5.74) is 3.72. The highest BCUT2D eigenvalue weighted by Crippen LogP contribution is 2.19. The second kappa shape index (κ2) is 9.57. The van der Waals surface area contributed by atoms with Gasteiger partial charge in [-0.2, -0.15) is 0 Å². The van der Waals surface area contributed by atoms with E-state index in [1.807, 2.05) is 71.5 Å². The van der Waals surface area contributed by atoms with Crippen molar-refractivity contribution in [3.63, 3.8) is 0 Å². The number of rotatable bonds is 8. The Kier molecular flexibility index (Phi) is 6.43. The molecule has 158 valence electrons. The van der Waals surface area contributed by atoms with E-state index < -0.39 is 0 Å². The molecule has 0 saturated heterocycles. The van der Waals surface area contributed by atoms with Crippen molar-refractivity contribution in [1.29, 1.82) is 0 Å². The number of para-hydroxylation sites is 1. The van der Waals surface area contributed by atoms with Gasteiger partial charge in [-0.25, -0.2) is 4.98 Å². The lowest BCUT2D eigenvalue weighted by Crippen LogP contribution is -2.24. The standard InChI is InChI=1S/C24H23N3O3S/c1-17-11-19-9-5-6-10-21(19)27(17)14-24(29)30-15-20-16-31-23(26-20)12-22(28)25-13-18-7-3-2-4-8-18/h2-11,16H,12-15H2,1H3,(H,25,28). The Hall–Kier alpha value is -3.45. The fourth-order valence-corrected chi connectivity index (χ4v) is 4.16. The van der Waals surface area contributed by atoms with Gasteiger partial charge in [-0.05, 0) is 30.0 Å². The Bertz CT molecular complexity index is 1200. The van der Waals surface area contributed by atoms with Crippen molar-refractivity contribution >= 4 is 34.1 Å². The van der Waals surface area contributed by atoms with Crippen LogP contribution in [0.4, 0.5) is 0 Å². The summed E-state index contributed by atoms with van der Waals surface area (Å²) in [5.74, 6) is -0.406. The van der Waals surface area contributed by atoms with Crippen LogP contribution in [0.5, 0.6) is 0 Å². The third-order valence-corrected chi connectivity index (χ3v) is 5.83. The number of carbonyl (C=O) groups is 2. The summed E-state index contributed by atoms with van der Waals surface area (Å²) in [7, 11) is 0. The molecular weight excluding hydrogens is 410 g/mol. The first kappa shape index (κ1) is 20.8. The van der Waals surface area contributed by atoms with E-state index >= 15 is 0 Å². The van der Waals surface area contributed by atoms with Crippen LogP contribution in [0.15, 0.2) is 66.0 Å². The highest BCUT2D eigenvalue weighted by molar-refractivity contribution is 7.09. The quantitative estimate of drug-likeness (QED) is 0.426. The molecule has 6 nitrogen and oxygen atoms in total. The van der Waals surface area contributed by atoms with E-state index in [0.717, 1.165) is 22.2 Å². The molecule has 4 aromatic rings. The van der Waals surface area contributed by atoms with Crippen molar-refractivity contribution in [2.24, 2.45) is 0 Å². The molecule has 0 spiro atoms. The molecule has 2 aromatic carbocycles. The number of amides is 1. The second-order valence-electron chi connectivity index (χ2n) is 7.26. The van der Waals surface area contributed by atoms with E-state index in [4.69, 9.17) is 4.74 Å². The highest BCUT2D eigenvalue weighted by Gasteiger charge is 2.12. The first-order valence-electron chi connectivity index (χ1n) is 10.0. The Balaban J connectivity index is 1.26. The number of ether oxygens (including phenoxy) is 1. The Morgan fingerprint density at radius 1 is 1.10 bits per heavy atom. The average Bonchev–Trinajstić information content (AvgIpc) is 3.35. The molecule has 4 rings (SSSR count). The van der Waals surface area contributed by atoms with Crippen LogP contribution >= 0.6 is 11.3 Å². The summed E-state index contributed by atoms with van der Waals surface area (Å²) in [5, 5.41) is 6.51. The van der Waals surface area contributed by atoms with Crippen LogP contribution in [0.1, 0.15) is 22.0 Å². The summed E-state index contributed by atoms with van der Waals surface area (Å²) in [6.07, 6.45) is 0.208. The predicted molar refractivity (Wildman–Crippen MR) is 121 cm³/mol. The number of aromatic nitrogens is 2. The van der Waals surface area contributed by atoms with Crippen molar-refractivity contribution in [1.82, 2.24) is 14.9 Å². The van der Waals surface area contributed by atoms with Gasteiger partial charge in [0.05, 0.1) is 12.1 Å². The number of nitrogens with zero attached hydrogens (tertiary/aromatic N) is 2. The molecule has 0 aliphatic rings. The van der Waals surface area contributed by atoms with E-state index in [1.54, 1.807) is 0 Å². The van der Waals surface area contributed by atoms with Crippen LogP contribution in [-0.2, 0) is 40.4 Å². The number of nitrogens with one attached hydrogen (secondary N) is 1. The molecule has 0 atom stereocenters. The van der Waals surface area contributed by atoms with Gasteiger partial charge in [-0.15, -0.1) is 11.3 Å². The van der Waals surface area contributed by atoms with Gasteiger partial charge >= 0.3 is 5.97 Å². The predicted octanol–water partition coefficient (Wildman–Crippen LogP) is 4.01. The van der Waals surface area contributed by atoms with Gasteiger partial charge in [0, 0.05) is 23.1 Å². The zero-order chi connectivity index (χ0) is 21.6. The molecule has 31 heavy (non-hydrogen) atoms. The molecule has 1 N–H and O–H groups in total. The first-order chi connectivity index (χ1) is 15.1. The molecule has 0 unspecified atom stereocenters. The number of aryl methyl sites for hydroxylation is 1. The number of fused-ring (bicyclic) bond motifs is 1. The smallest absolute Gasteiger partial charge is 0.326 e. The minimum atomic E-state index is -0.320. The molecule has 2 heterocycles. The number of esters is 1. The summed E-state index contributed by atoms with van der Waals surface area (Å²) in [6, 6.07) is 19.8. The van der Waals surface area contributed by atoms with Gasteiger partial charge in [0.1, 0.15) is 18.2 Å². The Morgan fingerprint density at radius 2 is 1.87 bits per heavy atom. The molecule has 0 bridgehead atoms. The van der Waals surface area contributed by atoms with Gasteiger partial charge in [-0.1, -0.05) is 48.5 Å². The number of hydrogen-bond acceptors (Lipinski definition) is 5. The fraction of sp³-hybridized carbons (Fsp3) is 0.208. The number of hydrogen-bond donors (Lipinski definition) is 1. The van der Waals surface area contributed by atoms with Crippen molar-refractivity contribution in [2.75, 3.05) is 0 Å². The Morgan fingerprint density at radius 3 is 2.71 bits per heavy atom. The van der Waals surface area contributed by atoms with Gasteiger partial charge in [0.2, 0.25) is 5.91 Å². The molecule has 2 aromatic heterocycles. The van der Waals surface area contributed by atoms with Crippen molar-refractivity contribution < 1.29 is 14.3 Å². The maximum atomic E-state index is 12.4. The first-order valence-corrected chi connectivity index (χ1v) is 10.9. The molecule has 1 amide bonds. The van der Waals surface area contributed by atoms with Crippen LogP contribution in [0.25, 0.3) is 10.9 Å². The lowest BCUT2D eigenvalue weighted by molar-refractivity contribution is -0.145. The zero-order valence-electron chi connectivity index (χ0n) is 17.2. The molecule has 0 fully saturated rings. The fourth-order valence-electron chi connectivity index (χ4n) is 3.38. The van der Waals surface area contributed by atoms with Gasteiger partial charge in [0.25, 0.3) is 0 Å². The normalized spacial score (nSPS) is 10.9. The topological polar surface area (TPSA) is 73.2 Å². The molecule has 0 aliphatic heterocycles. The summed E-state index contributed by atoms with van der Waals surface area (Å²) < 4.78 is 7.36. The minimum Gasteiger partial charge on any atom is -0.458 e. The summed E-state index contributed by atoms with van der Waals surface area (Å²) in [6.45, 7) is 2.71. The van der Waals surface area contributed by atoms with Crippen LogP contribution in [0.2, 0.25) is 0 Å². The molecule has 0 radical (unpaired) electrons. The largest absolute Gasteiger partial charge is 0.458 e. The van der Waals surface area contributed by atoms with Crippen molar-refractivity contribution in [2.45, 2.75) is 33.0 Å². The van der Waals surface area contributed by atoms with Gasteiger partial charge < -0.3 is 14.6 Å². The average molecular weight is 434 g/mol. The number of thiazole rings is 1. The van der Waals surface area contributed by atoms with E-state index in [2.05, 4.69) is 16.4 Å². The number of carbonyl (C=O) groups excluding carboxylic acids is 2. The van der Waals surface area contributed by atoms with E-state index in [-0.39, 0.29) is 31.4 Å². The minimum absolute atomic E-state index is 0.0864. The summed E-state index contributed by atoms with van der Waals surface area (Å²) in [4.78, 5) is 28.9. The van der Waals surface area contributed by atoms with E-state index in [0.29, 0.717) is 17.2 Å². The van der Waals surface area contributed by atoms with Crippen molar-refractivity contribution in [3.8, 4) is 0 Å². The van der Waals surface area contributed by atoms with Crippen molar-refractivity contribution in [3.05, 3.63) is 88.0 Å². The lowest BCUT2D eigenvalue weighted by Gasteiger charge is -2.08. The van der Waals surface area contributed by atoms with Crippen LogP contribution in [-0.4, -0.2) is 21.4 Å². The second-order valence-corrected chi connectivity index (χ2v) is 8.21. The SMILES string of the molecule is Cc1cc2ccccc2n1CC(=O)OCc1csc(CC(=O)NCc2ccccc2)n1. The molecule has 0 saturated carbocycles. The lowest BCUT2D eigenvalue weighted by atomic mass is 10.2. The zero-order valence-corrected chi connectivity index (χ0v) is 18.0. The summed E-state index contributed by atoms with van der Waals surface area (Å²) >= 11 is 1.39. The van der Waals surface area contributed by atoms with E-state index in [9.17, 15) is 9.59 Å². The maximum absolute atomic E-state index is 12.4. The van der Waals surface area contributed by atoms with Gasteiger partial charge in [0.15, 0.2) is 0 Å². The number of benzene rings is 2. The monoisotopic (exact) mass is 433 g/mol. The third-order valence-electron chi connectivity index (χ3n) is 4.93. The van der Waals surface area contributed by atoms with E-state index in [1.165, 1.54) is 11.3 Å². The maximum Gasteiger partial charge on any atom is 0.326 e. The molecular formula is C24H23N3O3S. The molecule has 0 aliphatic carbocycles. The third kappa shape index (κ3) is 5.38. The highest BCUT2D eigenvalue weighted by atomic mass is 32.1. The Labute approximate surface area is 184 Å². The van der Waals surface area contributed by atoms with Crippen LogP contribution in [0, 0.1) is 6.92 Å². The molecule has 7 heteroatoms. The van der Waals surface area contributed by atoms with Gasteiger partial charge in [-0.3, -0.25) is 9.59 Å². The van der Waals surface area contributed by atoms with Crippen LogP contribution in [0.3, 0.4) is 0 Å².